The van der Waals surface area contributed by atoms with Crippen LogP contribution in [-0.4, -0.2) is 30.2 Å². The van der Waals surface area contributed by atoms with Gasteiger partial charge in [0.25, 0.3) is 11.8 Å². The van der Waals surface area contributed by atoms with Crippen LogP contribution >= 0.6 is 75.3 Å². The van der Waals surface area contributed by atoms with E-state index in [1.807, 2.05) is 0 Å². The van der Waals surface area contributed by atoms with E-state index >= 15 is 0 Å². The highest BCUT2D eigenvalue weighted by Gasteiger charge is 2.42. The number of anilines is 2. The van der Waals surface area contributed by atoms with Crippen molar-refractivity contribution in [2.24, 2.45) is 5.92 Å². The minimum absolute atomic E-state index is 0.0202. The molecule has 2 heterocycles. The first-order chi connectivity index (χ1) is 18.0. The van der Waals surface area contributed by atoms with Crippen molar-refractivity contribution >= 4 is 110 Å². The Bertz CT molecular complexity index is 1530. The van der Waals surface area contributed by atoms with E-state index in [1.165, 1.54) is 11.0 Å². The van der Waals surface area contributed by atoms with Crippen LogP contribution in [0.5, 0.6) is 5.75 Å². The maximum Gasteiger partial charge on any atom is 0.316 e. The van der Waals surface area contributed by atoms with E-state index in [0.29, 0.717) is 39.9 Å². The molecule has 12 heteroatoms. The molecule has 0 saturated carbocycles. The van der Waals surface area contributed by atoms with E-state index in [0.717, 1.165) is 4.90 Å². The quantitative estimate of drug-likeness (QED) is 0.0902. The Morgan fingerprint density at radius 3 is 2.13 bits per heavy atom. The molecule has 2 aliphatic heterocycles. The van der Waals surface area contributed by atoms with Crippen LogP contribution in [0.2, 0.25) is 5.02 Å². The van der Waals surface area contributed by atoms with Gasteiger partial charge in [-0.3, -0.25) is 19.2 Å². The number of hydrogen-bond acceptors (Lipinski definition) is 5. The summed E-state index contributed by atoms with van der Waals surface area (Å²) in [4.78, 5) is 54.7. The number of amides is 3. The van der Waals surface area contributed by atoms with E-state index in [1.54, 1.807) is 43.3 Å². The third kappa shape index (κ3) is 4.66. The Kier molecular flexibility index (Phi) is 7.60. The van der Waals surface area contributed by atoms with Gasteiger partial charge in [-0.15, -0.1) is 0 Å². The van der Waals surface area contributed by atoms with Crippen LogP contribution in [-0.2, 0) is 9.59 Å². The minimum atomic E-state index is -0.649. The maximum atomic E-state index is 13.3. The van der Waals surface area contributed by atoms with E-state index in [-0.39, 0.29) is 35.7 Å². The van der Waals surface area contributed by atoms with Crippen LogP contribution in [0.1, 0.15) is 32.7 Å². The average Bonchev–Trinajstić information content (AvgIpc) is 3.39. The predicted molar refractivity (Wildman–Crippen MR) is 157 cm³/mol. The standard InChI is InChI=1S/C26H15Br4ClN2O5/c1-11-7-15(38-26(37)12-8-17(34)32(10-12)14-4-2-3-13(31)9-14)5-6-16(11)33-24(35)18-19(25(33)36)21(28)23(30)22(29)20(18)27/h2-7,9,12H,8,10H2,1H3/t12-/m1/s1. The zero-order valence-corrected chi connectivity index (χ0v) is 26.5. The topological polar surface area (TPSA) is 84.0 Å². The average molecular weight is 790 g/mol. The van der Waals surface area contributed by atoms with Crippen LogP contribution in [0.4, 0.5) is 11.4 Å². The smallest absolute Gasteiger partial charge is 0.316 e. The predicted octanol–water partition coefficient (Wildman–Crippen LogP) is 7.46. The summed E-state index contributed by atoms with van der Waals surface area (Å²) in [6, 6.07) is 11.5. The van der Waals surface area contributed by atoms with Crippen LogP contribution < -0.4 is 14.5 Å². The zero-order chi connectivity index (χ0) is 27.5. The summed E-state index contributed by atoms with van der Waals surface area (Å²) in [7, 11) is 0. The summed E-state index contributed by atoms with van der Waals surface area (Å²) in [5.74, 6) is -2.10. The number of carbonyl (C=O) groups excluding carboxylic acids is 4. The molecular weight excluding hydrogens is 775 g/mol. The molecule has 0 aromatic heterocycles. The van der Waals surface area contributed by atoms with Crippen LogP contribution in [0.3, 0.4) is 0 Å². The number of nitrogens with zero attached hydrogens (tertiary/aromatic N) is 2. The molecule has 3 amide bonds. The molecule has 0 radical (unpaired) electrons. The van der Waals surface area contributed by atoms with E-state index in [2.05, 4.69) is 63.7 Å². The number of imide groups is 1. The lowest BCUT2D eigenvalue weighted by Gasteiger charge is -2.18. The van der Waals surface area contributed by atoms with Crippen LogP contribution in [0.15, 0.2) is 60.4 Å². The van der Waals surface area contributed by atoms with Crippen molar-refractivity contribution in [1.29, 1.82) is 0 Å². The van der Waals surface area contributed by atoms with Gasteiger partial charge in [0.05, 0.1) is 22.7 Å². The Morgan fingerprint density at radius 1 is 0.921 bits per heavy atom. The van der Waals surface area contributed by atoms with Gasteiger partial charge >= 0.3 is 5.97 Å². The molecule has 0 aliphatic carbocycles. The van der Waals surface area contributed by atoms with Crippen molar-refractivity contribution in [3.8, 4) is 5.75 Å². The van der Waals surface area contributed by atoms with Crippen molar-refractivity contribution in [2.75, 3.05) is 16.3 Å². The number of hydrogen-bond donors (Lipinski definition) is 0. The summed E-state index contributed by atoms with van der Waals surface area (Å²) in [5, 5.41) is 0.495. The van der Waals surface area contributed by atoms with Crippen molar-refractivity contribution in [2.45, 2.75) is 13.3 Å². The molecule has 1 atom stereocenters. The summed E-state index contributed by atoms with van der Waals surface area (Å²) in [5.41, 5.74) is 2.02. The SMILES string of the molecule is Cc1cc(OC(=O)[C@@H]2CC(=O)N(c3cccc(Cl)c3)C2)ccc1N1C(=O)c2c(Br)c(Br)c(Br)c(Br)c2C1=O. The third-order valence-corrected chi connectivity index (χ3v) is 11.3. The summed E-state index contributed by atoms with van der Waals surface area (Å²) < 4.78 is 7.71. The highest BCUT2D eigenvalue weighted by atomic mass is 79.9. The van der Waals surface area contributed by atoms with Gasteiger partial charge in [-0.1, -0.05) is 17.7 Å². The molecule has 0 unspecified atom stereocenters. The number of rotatable bonds is 4. The minimum Gasteiger partial charge on any atom is -0.426 e. The van der Waals surface area contributed by atoms with Gasteiger partial charge in [-0.05, 0) is 113 Å². The van der Waals surface area contributed by atoms with E-state index in [9.17, 15) is 19.2 Å². The van der Waals surface area contributed by atoms with Gasteiger partial charge in [0.2, 0.25) is 5.91 Å². The number of carbonyl (C=O) groups is 4. The molecule has 0 N–H and O–H groups in total. The van der Waals surface area contributed by atoms with E-state index < -0.39 is 23.7 Å². The normalized spacial score (nSPS) is 16.9. The molecular formula is C26H15Br4ClN2O5. The first-order valence-electron chi connectivity index (χ1n) is 11.1. The molecule has 38 heavy (non-hydrogen) atoms. The summed E-state index contributed by atoms with van der Waals surface area (Å²) in [6.07, 6.45) is 0.0202. The molecule has 0 spiro atoms. The number of esters is 1. The lowest BCUT2D eigenvalue weighted by molar-refractivity contribution is -0.139. The molecule has 2 aliphatic rings. The second kappa shape index (κ2) is 10.5. The van der Waals surface area contributed by atoms with Crippen LogP contribution in [0, 0.1) is 12.8 Å². The fourth-order valence-electron chi connectivity index (χ4n) is 4.47. The van der Waals surface area contributed by atoms with Gasteiger partial charge < -0.3 is 9.64 Å². The van der Waals surface area contributed by atoms with Gasteiger partial charge in [-0.2, -0.15) is 0 Å². The van der Waals surface area contributed by atoms with Crippen LogP contribution in [0.25, 0.3) is 0 Å². The number of aryl methyl sites for hydroxylation is 1. The van der Waals surface area contributed by atoms with Crippen molar-refractivity contribution in [3.05, 3.63) is 82.1 Å². The maximum absolute atomic E-state index is 13.3. The van der Waals surface area contributed by atoms with Crippen molar-refractivity contribution in [1.82, 2.24) is 0 Å². The fourth-order valence-corrected chi connectivity index (χ4v) is 7.11. The molecule has 1 fully saturated rings. The molecule has 194 valence electrons. The first-order valence-corrected chi connectivity index (χ1v) is 14.7. The largest absolute Gasteiger partial charge is 0.426 e. The monoisotopic (exact) mass is 786 g/mol. The first kappa shape index (κ1) is 27.5. The lowest BCUT2D eigenvalue weighted by Crippen LogP contribution is -2.30. The summed E-state index contributed by atoms with van der Waals surface area (Å²) in [6.45, 7) is 1.89. The number of ether oxygens (including phenoxy) is 1. The number of halogens is 5. The van der Waals surface area contributed by atoms with Crippen molar-refractivity contribution < 1.29 is 23.9 Å². The summed E-state index contributed by atoms with van der Waals surface area (Å²) >= 11 is 19.7. The lowest BCUT2D eigenvalue weighted by atomic mass is 10.1. The number of benzene rings is 3. The third-order valence-electron chi connectivity index (χ3n) is 6.31. The molecule has 3 aromatic rings. The fraction of sp³-hybridized carbons (Fsp3) is 0.154. The highest BCUT2D eigenvalue weighted by Crippen LogP contribution is 2.46. The molecule has 1 saturated heterocycles. The second-order valence-electron chi connectivity index (χ2n) is 8.71. The molecule has 7 nitrogen and oxygen atoms in total. The molecule has 5 rings (SSSR count). The van der Waals surface area contributed by atoms with E-state index in [4.69, 9.17) is 16.3 Å². The second-order valence-corrected chi connectivity index (χ2v) is 12.3. The molecule has 0 bridgehead atoms. The van der Waals surface area contributed by atoms with Gasteiger partial charge in [0.1, 0.15) is 5.75 Å². The highest BCUT2D eigenvalue weighted by molar-refractivity contribution is 9.15. The van der Waals surface area contributed by atoms with Crippen molar-refractivity contribution in [3.63, 3.8) is 0 Å². The van der Waals surface area contributed by atoms with Gasteiger partial charge in [0, 0.05) is 41.6 Å². The Labute approximate surface area is 256 Å². The zero-order valence-electron chi connectivity index (χ0n) is 19.4. The number of fused-ring (bicyclic) bond motifs is 1. The van der Waals surface area contributed by atoms with Gasteiger partial charge in [-0.25, -0.2) is 4.90 Å². The Morgan fingerprint density at radius 2 is 1.55 bits per heavy atom. The van der Waals surface area contributed by atoms with Gasteiger partial charge in [0.15, 0.2) is 0 Å². The Balaban J connectivity index is 1.35. The Hall–Kier alpha value is -2.05. The molecule has 3 aromatic carbocycles.